The van der Waals surface area contributed by atoms with Gasteiger partial charge in [-0.15, -0.1) is 0 Å². The van der Waals surface area contributed by atoms with Crippen LogP contribution in [0.15, 0.2) is 0 Å². The summed E-state index contributed by atoms with van der Waals surface area (Å²) in [5.74, 6) is 6.34. The van der Waals surface area contributed by atoms with Gasteiger partial charge in [0.25, 0.3) is 0 Å². The molecular weight excluding hydrogens is 256 g/mol. The number of fused-ring (bicyclic) bond motifs is 8. The van der Waals surface area contributed by atoms with Crippen molar-refractivity contribution >= 4 is 5.78 Å². The second-order valence-corrected chi connectivity index (χ2v) is 9.63. The molecular formula is C20H30O. The molecule has 0 saturated heterocycles. The van der Waals surface area contributed by atoms with Gasteiger partial charge >= 0.3 is 0 Å². The van der Waals surface area contributed by atoms with E-state index in [1.165, 1.54) is 51.4 Å². The van der Waals surface area contributed by atoms with Crippen molar-refractivity contribution in [1.82, 2.24) is 0 Å². The maximum atomic E-state index is 12.5. The van der Waals surface area contributed by atoms with E-state index in [1.54, 1.807) is 0 Å². The summed E-state index contributed by atoms with van der Waals surface area (Å²) in [6.07, 6.45) is 12.2. The van der Waals surface area contributed by atoms with Crippen LogP contribution >= 0.6 is 0 Å². The number of rotatable bonds is 0. The Morgan fingerprint density at radius 3 is 2.62 bits per heavy atom. The third-order valence-corrected chi connectivity index (χ3v) is 9.12. The molecule has 116 valence electrons. The highest BCUT2D eigenvalue weighted by molar-refractivity contribution is 5.87. The molecule has 5 fully saturated rings. The maximum absolute atomic E-state index is 12.5. The highest BCUT2D eigenvalue weighted by Crippen LogP contribution is 2.74. The molecule has 1 heteroatoms. The highest BCUT2D eigenvalue weighted by Gasteiger charge is 2.68. The Hall–Kier alpha value is -0.330. The lowest BCUT2D eigenvalue weighted by molar-refractivity contribution is -0.140. The Balaban J connectivity index is 1.55. The Morgan fingerprint density at radius 1 is 0.905 bits per heavy atom. The Morgan fingerprint density at radius 2 is 1.76 bits per heavy atom. The van der Waals surface area contributed by atoms with E-state index in [4.69, 9.17) is 0 Å². The van der Waals surface area contributed by atoms with Gasteiger partial charge in [-0.25, -0.2) is 0 Å². The summed E-state index contributed by atoms with van der Waals surface area (Å²) in [5, 5.41) is 0. The van der Waals surface area contributed by atoms with Gasteiger partial charge in [-0.05, 0) is 79.4 Å². The molecule has 5 rings (SSSR count). The average Bonchev–Trinajstić information content (AvgIpc) is 3.19. The molecule has 0 N–H and O–H groups in total. The number of carbonyl (C=O) groups is 1. The van der Waals surface area contributed by atoms with Crippen molar-refractivity contribution in [1.29, 1.82) is 0 Å². The molecule has 0 heterocycles. The van der Waals surface area contributed by atoms with E-state index in [0.29, 0.717) is 11.2 Å². The van der Waals surface area contributed by atoms with Crippen LogP contribution in [-0.4, -0.2) is 5.78 Å². The number of carbonyl (C=O) groups excluding carboxylic acids is 1. The second kappa shape index (κ2) is 3.95. The van der Waals surface area contributed by atoms with Gasteiger partial charge in [-0.3, -0.25) is 4.79 Å². The standard InChI is InChI=1S/C20H30O/c1-19-9-4-3-5-14(19)12-11-13(12)18-15-6-7-17(21)20(15,2)10-8-16(18)19/h12-16,18H,3-11H2,1-2H3/t12-,13+,14+,15-,16-,18-,19-,20-/m0/s1. The molecule has 5 saturated carbocycles. The van der Waals surface area contributed by atoms with E-state index in [1.807, 2.05) is 0 Å². The fraction of sp³-hybridized carbons (Fsp3) is 0.950. The lowest BCUT2D eigenvalue weighted by Gasteiger charge is -2.59. The minimum absolute atomic E-state index is 0.0756. The minimum atomic E-state index is 0.0756. The van der Waals surface area contributed by atoms with Crippen LogP contribution in [0.1, 0.15) is 71.6 Å². The second-order valence-electron chi connectivity index (χ2n) is 9.63. The Kier molecular flexibility index (Phi) is 2.47. The molecule has 0 aromatic rings. The summed E-state index contributed by atoms with van der Waals surface area (Å²) in [5.41, 5.74) is 0.708. The van der Waals surface area contributed by atoms with Gasteiger partial charge in [0.15, 0.2) is 0 Å². The van der Waals surface area contributed by atoms with Gasteiger partial charge in [0.1, 0.15) is 5.78 Å². The molecule has 5 aliphatic rings. The minimum Gasteiger partial charge on any atom is -0.299 e. The zero-order chi connectivity index (χ0) is 14.4. The average molecular weight is 286 g/mol. The van der Waals surface area contributed by atoms with Gasteiger partial charge in [0, 0.05) is 11.8 Å². The largest absolute Gasteiger partial charge is 0.299 e. The van der Waals surface area contributed by atoms with Crippen LogP contribution in [0.4, 0.5) is 0 Å². The molecule has 0 aromatic heterocycles. The Bertz CT molecular complexity index is 496. The van der Waals surface area contributed by atoms with E-state index < -0.39 is 0 Å². The first-order valence-electron chi connectivity index (χ1n) is 9.59. The summed E-state index contributed by atoms with van der Waals surface area (Å²) in [6.45, 7) is 4.98. The van der Waals surface area contributed by atoms with Crippen LogP contribution < -0.4 is 0 Å². The predicted molar refractivity (Wildman–Crippen MR) is 83.7 cm³/mol. The summed E-state index contributed by atoms with van der Waals surface area (Å²) in [6, 6.07) is 0. The van der Waals surface area contributed by atoms with Crippen LogP contribution in [0.5, 0.6) is 0 Å². The number of hydrogen-bond donors (Lipinski definition) is 0. The lowest BCUT2D eigenvalue weighted by Crippen LogP contribution is -2.53. The lowest BCUT2D eigenvalue weighted by atomic mass is 9.45. The third kappa shape index (κ3) is 1.47. The van der Waals surface area contributed by atoms with Crippen LogP contribution in [-0.2, 0) is 4.79 Å². The van der Waals surface area contributed by atoms with Crippen LogP contribution in [0.25, 0.3) is 0 Å². The first kappa shape index (κ1) is 13.1. The zero-order valence-electron chi connectivity index (χ0n) is 13.7. The van der Waals surface area contributed by atoms with Gasteiger partial charge in [0.05, 0.1) is 0 Å². The first-order chi connectivity index (χ1) is 10.1. The van der Waals surface area contributed by atoms with Gasteiger partial charge in [0.2, 0.25) is 0 Å². The molecule has 0 amide bonds. The quantitative estimate of drug-likeness (QED) is 0.622. The highest BCUT2D eigenvalue weighted by atomic mass is 16.1. The van der Waals surface area contributed by atoms with Gasteiger partial charge in [-0.1, -0.05) is 26.7 Å². The Labute approximate surface area is 129 Å². The fourth-order valence-electron chi connectivity index (χ4n) is 8.02. The van der Waals surface area contributed by atoms with Crippen LogP contribution in [0.3, 0.4) is 0 Å². The molecule has 21 heavy (non-hydrogen) atoms. The van der Waals surface area contributed by atoms with Crippen molar-refractivity contribution in [3.05, 3.63) is 0 Å². The fourth-order valence-corrected chi connectivity index (χ4v) is 8.02. The molecule has 5 aliphatic carbocycles. The number of Topliss-reactive ketones (excluding diaryl/α,β-unsaturated/α-hetero) is 1. The van der Waals surface area contributed by atoms with Crippen molar-refractivity contribution in [3.63, 3.8) is 0 Å². The number of ketones is 1. The predicted octanol–water partition coefficient (Wildman–Crippen LogP) is 4.84. The summed E-state index contributed by atoms with van der Waals surface area (Å²) < 4.78 is 0. The van der Waals surface area contributed by atoms with E-state index in [2.05, 4.69) is 13.8 Å². The van der Waals surface area contributed by atoms with Crippen LogP contribution in [0, 0.1) is 46.3 Å². The molecule has 0 aromatic carbocycles. The normalized spacial score (nSPS) is 61.5. The molecule has 0 radical (unpaired) electrons. The molecule has 0 spiro atoms. The van der Waals surface area contributed by atoms with E-state index in [9.17, 15) is 4.79 Å². The SMILES string of the molecule is C[C@]12CCCC[C@@H]1[C@H]1C[C@H]1[C@@H]1[C@@H]2CC[C@]2(C)C(=O)CC[C@@H]12. The molecule has 1 nitrogen and oxygen atoms in total. The van der Waals surface area contributed by atoms with Crippen molar-refractivity contribution in [2.24, 2.45) is 46.3 Å². The molecule has 8 atom stereocenters. The van der Waals surface area contributed by atoms with Gasteiger partial charge < -0.3 is 0 Å². The van der Waals surface area contributed by atoms with Crippen molar-refractivity contribution in [2.75, 3.05) is 0 Å². The topological polar surface area (TPSA) is 17.1 Å². The monoisotopic (exact) mass is 286 g/mol. The molecule has 0 unspecified atom stereocenters. The van der Waals surface area contributed by atoms with E-state index >= 15 is 0 Å². The smallest absolute Gasteiger partial charge is 0.139 e. The molecule has 0 aliphatic heterocycles. The maximum Gasteiger partial charge on any atom is 0.139 e. The van der Waals surface area contributed by atoms with Crippen molar-refractivity contribution in [2.45, 2.75) is 71.6 Å². The van der Waals surface area contributed by atoms with Gasteiger partial charge in [-0.2, -0.15) is 0 Å². The summed E-state index contributed by atoms with van der Waals surface area (Å²) >= 11 is 0. The summed E-state index contributed by atoms with van der Waals surface area (Å²) in [7, 11) is 0. The van der Waals surface area contributed by atoms with E-state index in [-0.39, 0.29) is 5.41 Å². The van der Waals surface area contributed by atoms with Crippen LogP contribution in [0.2, 0.25) is 0 Å². The summed E-state index contributed by atoms with van der Waals surface area (Å²) in [4.78, 5) is 12.5. The van der Waals surface area contributed by atoms with Crippen molar-refractivity contribution in [3.8, 4) is 0 Å². The first-order valence-corrected chi connectivity index (χ1v) is 9.59. The third-order valence-electron chi connectivity index (χ3n) is 9.12. The molecule has 0 bridgehead atoms. The zero-order valence-corrected chi connectivity index (χ0v) is 13.7. The van der Waals surface area contributed by atoms with Crippen molar-refractivity contribution < 1.29 is 4.79 Å². The van der Waals surface area contributed by atoms with E-state index in [0.717, 1.165) is 41.9 Å². The number of hydrogen-bond acceptors (Lipinski definition) is 1.